The molecule has 0 unspecified atom stereocenters. The number of ether oxygens (including phenoxy) is 3. The van der Waals surface area contributed by atoms with Crippen LogP contribution >= 0.6 is 11.3 Å². The smallest absolute Gasteiger partial charge is 0.230 e. The summed E-state index contributed by atoms with van der Waals surface area (Å²) < 4.78 is 16.0. The Kier molecular flexibility index (Phi) is 5.90. The molecule has 0 bridgehead atoms. The van der Waals surface area contributed by atoms with E-state index in [9.17, 15) is 4.79 Å². The van der Waals surface area contributed by atoms with Gasteiger partial charge in [0, 0.05) is 10.9 Å². The van der Waals surface area contributed by atoms with Gasteiger partial charge in [0.25, 0.3) is 0 Å². The number of benzene rings is 2. The molecule has 30 heavy (non-hydrogen) atoms. The van der Waals surface area contributed by atoms with Gasteiger partial charge in [-0.15, -0.1) is 11.3 Å². The van der Waals surface area contributed by atoms with Crippen LogP contribution in [0.25, 0.3) is 11.3 Å². The first-order chi connectivity index (χ1) is 14.6. The van der Waals surface area contributed by atoms with Crippen molar-refractivity contribution in [3.63, 3.8) is 0 Å². The molecule has 6 nitrogen and oxygen atoms in total. The van der Waals surface area contributed by atoms with E-state index in [2.05, 4.69) is 28.5 Å². The Morgan fingerprint density at radius 1 is 1.03 bits per heavy atom. The van der Waals surface area contributed by atoms with Gasteiger partial charge in [0.1, 0.15) is 0 Å². The minimum atomic E-state index is -0.154. The zero-order chi connectivity index (χ0) is 21.1. The molecular weight excluding hydrogens is 400 g/mol. The van der Waals surface area contributed by atoms with Crippen LogP contribution in [0.2, 0.25) is 0 Å². The highest BCUT2D eigenvalue weighted by atomic mass is 32.1. The molecule has 1 aromatic heterocycles. The second-order valence-electron chi connectivity index (χ2n) is 7.13. The number of hydrogen-bond acceptors (Lipinski definition) is 6. The Morgan fingerprint density at radius 3 is 2.47 bits per heavy atom. The number of thiazole rings is 1. The molecule has 4 rings (SSSR count). The van der Waals surface area contributed by atoms with Crippen LogP contribution in [-0.4, -0.2) is 32.2 Å². The molecule has 1 N–H and O–H groups in total. The van der Waals surface area contributed by atoms with E-state index in [-0.39, 0.29) is 12.3 Å². The number of fused-ring (bicyclic) bond motifs is 1. The van der Waals surface area contributed by atoms with Crippen molar-refractivity contribution in [2.45, 2.75) is 25.7 Å². The van der Waals surface area contributed by atoms with Crippen molar-refractivity contribution in [3.05, 3.63) is 52.4 Å². The van der Waals surface area contributed by atoms with E-state index < -0.39 is 0 Å². The average molecular weight is 425 g/mol. The van der Waals surface area contributed by atoms with Crippen LogP contribution in [0.1, 0.15) is 23.1 Å². The lowest BCUT2D eigenvalue weighted by atomic mass is 10.1. The monoisotopic (exact) mass is 424 g/mol. The molecular formula is C23H24N2O4S. The van der Waals surface area contributed by atoms with Crippen LogP contribution in [0.3, 0.4) is 0 Å². The molecule has 0 saturated carbocycles. The molecule has 0 saturated heterocycles. The number of aromatic nitrogens is 1. The lowest BCUT2D eigenvalue weighted by Crippen LogP contribution is -2.14. The first kappa shape index (κ1) is 20.2. The summed E-state index contributed by atoms with van der Waals surface area (Å²) in [5.41, 5.74) is 5.59. The van der Waals surface area contributed by atoms with Crippen LogP contribution in [0.4, 0.5) is 5.13 Å². The number of nitrogens with one attached hydrogen (secondary N) is 1. The van der Waals surface area contributed by atoms with Crippen molar-refractivity contribution >= 4 is 22.4 Å². The minimum absolute atomic E-state index is 0.154. The summed E-state index contributed by atoms with van der Waals surface area (Å²) in [4.78, 5) is 17.2. The average Bonchev–Trinajstić information content (AvgIpc) is 3.41. The molecule has 1 aliphatic rings. The van der Waals surface area contributed by atoms with Gasteiger partial charge in [-0.05, 0) is 54.2 Å². The number of carbonyl (C=O) groups is 1. The van der Waals surface area contributed by atoms with E-state index in [0.717, 1.165) is 29.7 Å². The SMILES string of the molecule is COc1cc(CC(=O)Nc2nc(-c3ccc4c(c3)CCC4)cs2)cc(OC)c1OC. The van der Waals surface area contributed by atoms with Crippen LogP contribution in [0.5, 0.6) is 17.2 Å². The van der Waals surface area contributed by atoms with Crippen molar-refractivity contribution in [1.82, 2.24) is 4.98 Å². The predicted molar refractivity (Wildman–Crippen MR) is 118 cm³/mol. The standard InChI is InChI=1S/C23H24N2O4S/c1-27-19-9-14(10-20(28-2)22(19)29-3)11-21(26)25-23-24-18(13-30-23)17-8-7-15-5-4-6-16(15)12-17/h7-10,12-13H,4-6,11H2,1-3H3,(H,24,25,26). The third kappa shape index (κ3) is 4.11. The Labute approximate surface area is 179 Å². The number of nitrogens with zero attached hydrogens (tertiary/aromatic N) is 1. The van der Waals surface area contributed by atoms with Crippen LogP contribution in [0, 0.1) is 0 Å². The van der Waals surface area contributed by atoms with Gasteiger partial charge < -0.3 is 19.5 Å². The fourth-order valence-electron chi connectivity index (χ4n) is 3.78. The third-order valence-corrected chi connectivity index (χ3v) is 5.99. The molecule has 7 heteroatoms. The second kappa shape index (κ2) is 8.75. The van der Waals surface area contributed by atoms with Crippen LogP contribution in [-0.2, 0) is 24.1 Å². The number of rotatable bonds is 7. The first-order valence-corrected chi connectivity index (χ1v) is 10.7. The molecule has 0 aliphatic heterocycles. The van der Waals surface area contributed by atoms with Crippen molar-refractivity contribution < 1.29 is 19.0 Å². The second-order valence-corrected chi connectivity index (χ2v) is 7.99. The zero-order valence-corrected chi connectivity index (χ0v) is 18.1. The Bertz CT molecular complexity index is 1050. The topological polar surface area (TPSA) is 69.7 Å². The van der Waals surface area contributed by atoms with E-state index in [1.165, 1.54) is 28.9 Å². The molecule has 0 spiro atoms. The quantitative estimate of drug-likeness (QED) is 0.605. The lowest BCUT2D eigenvalue weighted by Gasteiger charge is -2.13. The molecule has 3 aromatic rings. The van der Waals surface area contributed by atoms with E-state index in [1.54, 1.807) is 33.5 Å². The van der Waals surface area contributed by atoms with E-state index in [0.29, 0.717) is 22.4 Å². The Balaban J connectivity index is 1.46. The molecule has 0 radical (unpaired) electrons. The summed E-state index contributed by atoms with van der Waals surface area (Å²) in [6.45, 7) is 0. The molecule has 0 fully saturated rings. The summed E-state index contributed by atoms with van der Waals surface area (Å²) in [5, 5.41) is 5.46. The van der Waals surface area contributed by atoms with E-state index >= 15 is 0 Å². The number of amides is 1. The maximum absolute atomic E-state index is 12.6. The molecule has 1 amide bonds. The summed E-state index contributed by atoms with van der Waals surface area (Å²) >= 11 is 1.43. The largest absolute Gasteiger partial charge is 0.493 e. The normalized spacial score (nSPS) is 12.4. The number of carbonyl (C=O) groups excluding carboxylic acids is 1. The van der Waals surface area contributed by atoms with Crippen molar-refractivity contribution in [2.24, 2.45) is 0 Å². The fraction of sp³-hybridized carbons (Fsp3) is 0.304. The van der Waals surface area contributed by atoms with Crippen LogP contribution < -0.4 is 19.5 Å². The maximum Gasteiger partial charge on any atom is 0.230 e. The summed E-state index contributed by atoms with van der Waals surface area (Å²) in [5.74, 6) is 1.39. The van der Waals surface area contributed by atoms with Gasteiger partial charge in [0.15, 0.2) is 16.6 Å². The Hall–Kier alpha value is -3.06. The number of aryl methyl sites for hydroxylation is 2. The van der Waals surface area contributed by atoms with Crippen molar-refractivity contribution in [1.29, 1.82) is 0 Å². The van der Waals surface area contributed by atoms with Gasteiger partial charge in [-0.1, -0.05) is 12.1 Å². The van der Waals surface area contributed by atoms with E-state index in [4.69, 9.17) is 14.2 Å². The highest BCUT2D eigenvalue weighted by Gasteiger charge is 2.16. The molecule has 156 valence electrons. The maximum atomic E-state index is 12.6. The lowest BCUT2D eigenvalue weighted by molar-refractivity contribution is -0.115. The predicted octanol–water partition coefficient (Wildman–Crippen LogP) is 4.51. The van der Waals surface area contributed by atoms with Gasteiger partial charge >= 0.3 is 0 Å². The zero-order valence-electron chi connectivity index (χ0n) is 17.3. The minimum Gasteiger partial charge on any atom is -0.493 e. The highest BCUT2D eigenvalue weighted by Crippen LogP contribution is 2.38. The first-order valence-electron chi connectivity index (χ1n) is 9.77. The summed E-state index contributed by atoms with van der Waals surface area (Å²) in [6, 6.07) is 10.1. The van der Waals surface area contributed by atoms with Gasteiger partial charge in [-0.3, -0.25) is 4.79 Å². The van der Waals surface area contributed by atoms with Crippen molar-refractivity contribution in [2.75, 3.05) is 26.6 Å². The Morgan fingerprint density at radius 2 is 1.77 bits per heavy atom. The highest BCUT2D eigenvalue weighted by molar-refractivity contribution is 7.14. The molecule has 2 aromatic carbocycles. The van der Waals surface area contributed by atoms with Gasteiger partial charge in [0.05, 0.1) is 33.4 Å². The third-order valence-electron chi connectivity index (χ3n) is 5.23. The fourth-order valence-corrected chi connectivity index (χ4v) is 4.52. The number of methoxy groups -OCH3 is 3. The summed E-state index contributed by atoms with van der Waals surface area (Å²) in [6.07, 6.45) is 3.68. The summed E-state index contributed by atoms with van der Waals surface area (Å²) in [7, 11) is 4.65. The number of hydrogen-bond donors (Lipinski definition) is 1. The molecule has 1 aliphatic carbocycles. The number of anilines is 1. The van der Waals surface area contributed by atoms with Gasteiger partial charge in [-0.25, -0.2) is 4.98 Å². The van der Waals surface area contributed by atoms with Crippen LogP contribution in [0.15, 0.2) is 35.7 Å². The van der Waals surface area contributed by atoms with Gasteiger partial charge in [-0.2, -0.15) is 0 Å². The van der Waals surface area contributed by atoms with Crippen molar-refractivity contribution in [3.8, 4) is 28.5 Å². The van der Waals surface area contributed by atoms with E-state index in [1.807, 2.05) is 5.38 Å². The molecule has 0 atom stereocenters. The van der Waals surface area contributed by atoms with Gasteiger partial charge in [0.2, 0.25) is 11.7 Å². The molecule has 1 heterocycles.